The fourth-order valence-electron chi connectivity index (χ4n) is 1.26. The Balaban J connectivity index is 3.14. The fourth-order valence-corrected chi connectivity index (χ4v) is 1.26. The molecule has 0 radical (unpaired) electrons. The van der Waals surface area contributed by atoms with Gasteiger partial charge in [0.25, 0.3) is 5.56 Å². The van der Waals surface area contributed by atoms with E-state index in [0.29, 0.717) is 12.5 Å². The first kappa shape index (κ1) is 9.84. The summed E-state index contributed by atoms with van der Waals surface area (Å²) in [5, 5.41) is 9.48. The van der Waals surface area contributed by atoms with Gasteiger partial charge >= 0.3 is 0 Å². The van der Waals surface area contributed by atoms with E-state index in [2.05, 4.69) is 0 Å². The van der Waals surface area contributed by atoms with E-state index in [0.717, 1.165) is 5.56 Å². The molecule has 0 amide bonds. The number of hydrogen-bond acceptors (Lipinski definition) is 2. The molecule has 1 aromatic rings. The van der Waals surface area contributed by atoms with E-state index in [1.807, 2.05) is 13.8 Å². The van der Waals surface area contributed by atoms with Crippen molar-refractivity contribution in [2.45, 2.75) is 27.3 Å². The molecule has 0 aliphatic rings. The third kappa shape index (κ3) is 2.34. The zero-order valence-corrected chi connectivity index (χ0v) is 8.24. The van der Waals surface area contributed by atoms with Crippen molar-refractivity contribution < 1.29 is 5.11 Å². The topological polar surface area (TPSA) is 42.2 Å². The van der Waals surface area contributed by atoms with Crippen LogP contribution in [0.1, 0.15) is 19.4 Å². The lowest BCUT2D eigenvalue weighted by Crippen LogP contribution is -2.21. The largest absolute Gasteiger partial charge is 0.494 e. The molecule has 13 heavy (non-hydrogen) atoms. The predicted octanol–water partition coefficient (Wildman–Crippen LogP) is 1.52. The molecule has 1 rings (SSSR count). The maximum absolute atomic E-state index is 11.4. The van der Waals surface area contributed by atoms with Crippen LogP contribution in [-0.4, -0.2) is 9.67 Å². The second kappa shape index (κ2) is 3.64. The Morgan fingerprint density at radius 3 is 2.54 bits per heavy atom. The van der Waals surface area contributed by atoms with Gasteiger partial charge in [0.1, 0.15) is 0 Å². The summed E-state index contributed by atoms with van der Waals surface area (Å²) < 4.78 is 1.39. The van der Waals surface area contributed by atoms with Crippen LogP contribution in [0.25, 0.3) is 0 Å². The third-order valence-corrected chi connectivity index (χ3v) is 1.80. The van der Waals surface area contributed by atoms with Gasteiger partial charge in [0, 0.05) is 18.7 Å². The lowest BCUT2D eigenvalue weighted by molar-refractivity contribution is 0.382. The van der Waals surface area contributed by atoms with Crippen molar-refractivity contribution in [2.75, 3.05) is 0 Å². The average molecular weight is 181 g/mol. The van der Waals surface area contributed by atoms with E-state index in [4.69, 9.17) is 0 Å². The quantitative estimate of drug-likeness (QED) is 0.751. The van der Waals surface area contributed by atoms with Crippen LogP contribution in [-0.2, 0) is 6.54 Å². The highest BCUT2D eigenvalue weighted by Crippen LogP contribution is 2.09. The normalized spacial score (nSPS) is 10.8. The molecule has 0 spiro atoms. The zero-order valence-electron chi connectivity index (χ0n) is 8.24. The molecule has 0 atom stereocenters. The summed E-state index contributed by atoms with van der Waals surface area (Å²) in [4.78, 5) is 11.4. The average Bonchev–Trinajstić information content (AvgIpc) is 1.96. The lowest BCUT2D eigenvalue weighted by atomic mass is 10.2. The Kier molecular flexibility index (Phi) is 2.76. The van der Waals surface area contributed by atoms with Gasteiger partial charge in [-0.3, -0.25) is 9.36 Å². The van der Waals surface area contributed by atoms with Gasteiger partial charge in [-0.05, 0) is 18.4 Å². The summed E-state index contributed by atoms with van der Waals surface area (Å²) in [7, 11) is 0. The molecule has 1 aromatic heterocycles. The molecule has 72 valence electrons. The van der Waals surface area contributed by atoms with Gasteiger partial charge in [0.15, 0.2) is 5.88 Å². The van der Waals surface area contributed by atoms with Crippen molar-refractivity contribution in [2.24, 2.45) is 5.92 Å². The lowest BCUT2D eigenvalue weighted by Gasteiger charge is -2.10. The number of rotatable bonds is 2. The van der Waals surface area contributed by atoms with E-state index in [9.17, 15) is 9.90 Å². The van der Waals surface area contributed by atoms with E-state index in [1.165, 1.54) is 10.6 Å². The summed E-state index contributed by atoms with van der Waals surface area (Å²) in [6.45, 7) is 6.36. The minimum atomic E-state index is -0.133. The highest BCUT2D eigenvalue weighted by Gasteiger charge is 2.04. The first-order chi connectivity index (χ1) is 6.00. The van der Waals surface area contributed by atoms with Gasteiger partial charge in [0.2, 0.25) is 0 Å². The summed E-state index contributed by atoms with van der Waals surface area (Å²) in [6.07, 6.45) is 0. The molecule has 0 aliphatic heterocycles. The number of aromatic nitrogens is 1. The van der Waals surface area contributed by atoms with E-state index < -0.39 is 0 Å². The van der Waals surface area contributed by atoms with Crippen molar-refractivity contribution in [3.8, 4) is 5.88 Å². The molecule has 3 heteroatoms. The Bertz CT molecular complexity index is 352. The summed E-state index contributed by atoms with van der Waals surface area (Å²) in [5.74, 6) is 0.407. The molecule has 1 heterocycles. The highest BCUT2D eigenvalue weighted by atomic mass is 16.3. The minimum Gasteiger partial charge on any atom is -0.494 e. The third-order valence-electron chi connectivity index (χ3n) is 1.80. The first-order valence-electron chi connectivity index (χ1n) is 4.41. The minimum absolute atomic E-state index is 0.0544. The molecule has 0 saturated carbocycles. The van der Waals surface area contributed by atoms with Crippen LogP contribution >= 0.6 is 0 Å². The van der Waals surface area contributed by atoms with Gasteiger partial charge in [-0.1, -0.05) is 13.8 Å². The maximum atomic E-state index is 11.4. The van der Waals surface area contributed by atoms with Gasteiger partial charge in [-0.2, -0.15) is 0 Å². The number of aromatic hydroxyl groups is 1. The molecule has 0 aliphatic carbocycles. The second-order valence-electron chi connectivity index (χ2n) is 3.73. The van der Waals surface area contributed by atoms with Crippen LogP contribution < -0.4 is 5.56 Å². The van der Waals surface area contributed by atoms with Crippen LogP contribution in [0.4, 0.5) is 0 Å². The van der Waals surface area contributed by atoms with Crippen molar-refractivity contribution in [3.63, 3.8) is 0 Å². The van der Waals surface area contributed by atoms with Gasteiger partial charge in [0.05, 0.1) is 0 Å². The monoisotopic (exact) mass is 181 g/mol. The molecule has 1 N–H and O–H groups in total. The molecule has 3 nitrogen and oxygen atoms in total. The van der Waals surface area contributed by atoms with Crippen molar-refractivity contribution in [3.05, 3.63) is 28.0 Å². The number of nitrogens with zero attached hydrogens (tertiary/aromatic N) is 1. The maximum Gasteiger partial charge on any atom is 0.253 e. The van der Waals surface area contributed by atoms with E-state index in [1.54, 1.807) is 13.0 Å². The van der Waals surface area contributed by atoms with Crippen molar-refractivity contribution in [1.29, 1.82) is 0 Å². The van der Waals surface area contributed by atoms with Crippen molar-refractivity contribution in [1.82, 2.24) is 4.57 Å². The van der Waals surface area contributed by atoms with Gasteiger partial charge in [-0.15, -0.1) is 0 Å². The van der Waals surface area contributed by atoms with Gasteiger partial charge in [-0.25, -0.2) is 0 Å². The number of hydrogen-bond donors (Lipinski definition) is 1. The summed E-state index contributed by atoms with van der Waals surface area (Å²) in [5.41, 5.74) is 0.661. The molecule has 0 saturated heterocycles. The molecular weight excluding hydrogens is 166 g/mol. The smallest absolute Gasteiger partial charge is 0.253 e. The first-order valence-corrected chi connectivity index (χ1v) is 4.41. The molecule has 0 aromatic carbocycles. The molecule has 0 bridgehead atoms. The van der Waals surface area contributed by atoms with Crippen LogP contribution in [0, 0.1) is 12.8 Å². The molecule has 0 fully saturated rings. The van der Waals surface area contributed by atoms with Crippen molar-refractivity contribution >= 4 is 0 Å². The summed E-state index contributed by atoms with van der Waals surface area (Å²) in [6, 6.07) is 3.13. The fraction of sp³-hybridized carbons (Fsp3) is 0.500. The van der Waals surface area contributed by atoms with Crippen LogP contribution in [0.2, 0.25) is 0 Å². The van der Waals surface area contributed by atoms with E-state index in [-0.39, 0.29) is 11.4 Å². The Morgan fingerprint density at radius 1 is 1.46 bits per heavy atom. The van der Waals surface area contributed by atoms with Crippen LogP contribution in [0.5, 0.6) is 5.88 Å². The highest BCUT2D eigenvalue weighted by molar-refractivity contribution is 5.19. The summed E-state index contributed by atoms with van der Waals surface area (Å²) >= 11 is 0. The predicted molar refractivity (Wildman–Crippen MR) is 51.9 cm³/mol. The number of aryl methyl sites for hydroxylation is 1. The van der Waals surface area contributed by atoms with Gasteiger partial charge < -0.3 is 5.11 Å². The Labute approximate surface area is 77.6 Å². The zero-order chi connectivity index (χ0) is 10.0. The molecular formula is C10H15NO2. The van der Waals surface area contributed by atoms with E-state index >= 15 is 0 Å². The standard InChI is InChI=1S/C10H15NO2/c1-7(2)6-11-9(12)4-8(3)5-10(11)13/h4-5,7,12H,6H2,1-3H3. The van der Waals surface area contributed by atoms with Crippen LogP contribution in [0.15, 0.2) is 16.9 Å². The molecule has 0 unspecified atom stereocenters. The second-order valence-corrected chi connectivity index (χ2v) is 3.73. The Hall–Kier alpha value is -1.25. The SMILES string of the molecule is Cc1cc(O)n(CC(C)C)c(=O)c1. The number of pyridine rings is 1. The van der Waals surface area contributed by atoms with Crippen LogP contribution in [0.3, 0.4) is 0 Å². The Morgan fingerprint density at radius 2 is 2.08 bits per heavy atom.